The predicted octanol–water partition coefficient (Wildman–Crippen LogP) is 0.846. The molecule has 4 nitrogen and oxygen atoms in total. The molecule has 0 spiro atoms. The molecule has 88 valence electrons. The second-order valence-corrected chi connectivity index (χ2v) is 5.94. The molecule has 3 N–H and O–H groups in total. The van der Waals surface area contributed by atoms with Gasteiger partial charge >= 0.3 is 0 Å². The monoisotopic (exact) mass is 240 g/mol. The Hall–Kier alpha value is -0.910. The summed E-state index contributed by atoms with van der Waals surface area (Å²) < 4.78 is 26.8. The minimum atomic E-state index is -3.42. The van der Waals surface area contributed by atoms with Gasteiger partial charge in [-0.1, -0.05) is 18.2 Å². The third-order valence-electron chi connectivity index (χ3n) is 3.11. The van der Waals surface area contributed by atoms with Gasteiger partial charge in [-0.2, -0.15) is 0 Å². The van der Waals surface area contributed by atoms with Crippen molar-refractivity contribution in [1.82, 2.24) is 4.72 Å². The molecule has 5 heteroatoms. The lowest BCUT2D eigenvalue weighted by Gasteiger charge is -2.41. The molecule has 0 bridgehead atoms. The van der Waals surface area contributed by atoms with Crippen molar-refractivity contribution in [1.29, 1.82) is 0 Å². The minimum Gasteiger partial charge on any atom is -0.329 e. The fourth-order valence-corrected chi connectivity index (χ4v) is 3.39. The van der Waals surface area contributed by atoms with Crippen molar-refractivity contribution in [3.05, 3.63) is 30.3 Å². The van der Waals surface area contributed by atoms with Crippen molar-refractivity contribution in [2.45, 2.75) is 29.7 Å². The Morgan fingerprint density at radius 3 is 2.31 bits per heavy atom. The number of rotatable bonds is 4. The highest BCUT2D eigenvalue weighted by atomic mass is 32.2. The van der Waals surface area contributed by atoms with E-state index in [1.54, 1.807) is 30.3 Å². The van der Waals surface area contributed by atoms with Crippen molar-refractivity contribution >= 4 is 10.0 Å². The summed E-state index contributed by atoms with van der Waals surface area (Å²) in [5.41, 5.74) is 5.22. The summed E-state index contributed by atoms with van der Waals surface area (Å²) in [5.74, 6) is 0. The number of hydrogen-bond acceptors (Lipinski definition) is 3. The van der Waals surface area contributed by atoms with E-state index >= 15 is 0 Å². The SMILES string of the molecule is NCC1(NS(=O)(=O)c2ccccc2)CCC1. The molecule has 1 saturated carbocycles. The van der Waals surface area contributed by atoms with Crippen LogP contribution in [-0.4, -0.2) is 20.5 Å². The normalized spacial score (nSPS) is 19.1. The largest absolute Gasteiger partial charge is 0.329 e. The van der Waals surface area contributed by atoms with Gasteiger partial charge in [-0.05, 0) is 31.4 Å². The Bertz CT molecular complexity index is 447. The van der Waals surface area contributed by atoms with Crippen LogP contribution in [0.5, 0.6) is 0 Å². The molecule has 0 atom stereocenters. The highest BCUT2D eigenvalue weighted by Gasteiger charge is 2.39. The molecule has 0 radical (unpaired) electrons. The zero-order valence-corrected chi connectivity index (χ0v) is 9.83. The molecule has 1 aliphatic rings. The Labute approximate surface area is 95.9 Å². The predicted molar refractivity (Wildman–Crippen MR) is 62.4 cm³/mol. The first-order valence-corrected chi connectivity index (χ1v) is 6.85. The summed E-state index contributed by atoms with van der Waals surface area (Å²) >= 11 is 0. The molecular weight excluding hydrogens is 224 g/mol. The van der Waals surface area contributed by atoms with Crippen molar-refractivity contribution in [3.8, 4) is 0 Å². The summed E-state index contributed by atoms with van der Waals surface area (Å²) in [6.45, 7) is 0.360. The molecule has 0 heterocycles. The molecule has 1 aromatic rings. The zero-order chi connectivity index (χ0) is 11.6. The maximum absolute atomic E-state index is 12.0. The van der Waals surface area contributed by atoms with E-state index < -0.39 is 15.6 Å². The molecule has 0 unspecified atom stereocenters. The van der Waals surface area contributed by atoms with Gasteiger partial charge in [0.25, 0.3) is 0 Å². The van der Waals surface area contributed by atoms with Gasteiger partial charge in [0.05, 0.1) is 4.90 Å². The first kappa shape index (κ1) is 11.6. The van der Waals surface area contributed by atoms with Crippen molar-refractivity contribution in [2.24, 2.45) is 5.73 Å². The Morgan fingerprint density at radius 1 is 1.25 bits per heavy atom. The lowest BCUT2D eigenvalue weighted by Crippen LogP contribution is -2.58. The van der Waals surface area contributed by atoms with Gasteiger partial charge in [-0.25, -0.2) is 13.1 Å². The molecule has 1 fully saturated rings. The van der Waals surface area contributed by atoms with E-state index in [1.807, 2.05) is 0 Å². The van der Waals surface area contributed by atoms with Gasteiger partial charge in [0.15, 0.2) is 0 Å². The van der Waals surface area contributed by atoms with Gasteiger partial charge in [0.2, 0.25) is 10.0 Å². The van der Waals surface area contributed by atoms with Gasteiger partial charge in [-0.15, -0.1) is 0 Å². The maximum atomic E-state index is 12.0. The molecule has 1 aliphatic carbocycles. The number of benzene rings is 1. The molecule has 0 aliphatic heterocycles. The van der Waals surface area contributed by atoms with Crippen LogP contribution in [0.2, 0.25) is 0 Å². The van der Waals surface area contributed by atoms with E-state index in [2.05, 4.69) is 4.72 Å². The molecule has 0 saturated heterocycles. The number of hydrogen-bond donors (Lipinski definition) is 2. The molecular formula is C11H16N2O2S. The zero-order valence-electron chi connectivity index (χ0n) is 9.02. The Balaban J connectivity index is 2.21. The molecule has 16 heavy (non-hydrogen) atoms. The van der Waals surface area contributed by atoms with Crippen molar-refractivity contribution < 1.29 is 8.42 Å². The molecule has 0 amide bonds. The Morgan fingerprint density at radius 2 is 1.88 bits per heavy atom. The first-order chi connectivity index (χ1) is 7.58. The second-order valence-electron chi connectivity index (χ2n) is 4.26. The number of nitrogens with two attached hydrogens (primary N) is 1. The lowest BCUT2D eigenvalue weighted by molar-refractivity contribution is 0.230. The second kappa shape index (κ2) is 4.16. The van der Waals surface area contributed by atoms with Crippen molar-refractivity contribution in [3.63, 3.8) is 0 Å². The Kier molecular flexibility index (Phi) is 3.01. The highest BCUT2D eigenvalue weighted by molar-refractivity contribution is 7.89. The van der Waals surface area contributed by atoms with Crippen LogP contribution in [0.1, 0.15) is 19.3 Å². The molecule has 1 aromatic carbocycles. The number of sulfonamides is 1. The van der Waals surface area contributed by atoms with E-state index in [0.717, 1.165) is 19.3 Å². The summed E-state index contributed by atoms with van der Waals surface area (Å²) in [6.07, 6.45) is 2.69. The topological polar surface area (TPSA) is 72.2 Å². The van der Waals surface area contributed by atoms with Crippen LogP contribution >= 0.6 is 0 Å². The minimum absolute atomic E-state index is 0.301. The number of nitrogens with one attached hydrogen (secondary N) is 1. The highest BCUT2D eigenvalue weighted by Crippen LogP contribution is 2.32. The summed E-state index contributed by atoms with van der Waals surface area (Å²) in [7, 11) is -3.42. The standard InChI is InChI=1S/C11H16N2O2S/c12-9-11(7-4-8-11)13-16(14,15)10-5-2-1-3-6-10/h1-3,5-6,13H,4,7-9,12H2. The third-order valence-corrected chi connectivity index (χ3v) is 4.70. The van der Waals surface area contributed by atoms with Crippen LogP contribution in [0.15, 0.2) is 35.2 Å². The van der Waals surface area contributed by atoms with Gasteiger partial charge in [0, 0.05) is 12.1 Å². The maximum Gasteiger partial charge on any atom is 0.241 e. The van der Waals surface area contributed by atoms with Crippen molar-refractivity contribution in [2.75, 3.05) is 6.54 Å². The quantitative estimate of drug-likeness (QED) is 0.819. The lowest BCUT2D eigenvalue weighted by atomic mass is 9.78. The fourth-order valence-electron chi connectivity index (χ4n) is 1.90. The van der Waals surface area contributed by atoms with Gasteiger partial charge in [-0.3, -0.25) is 0 Å². The van der Waals surface area contributed by atoms with Crippen LogP contribution in [0.25, 0.3) is 0 Å². The summed E-state index contributed by atoms with van der Waals surface area (Å²) in [5, 5.41) is 0. The van der Waals surface area contributed by atoms with E-state index in [1.165, 1.54) is 0 Å². The smallest absolute Gasteiger partial charge is 0.241 e. The van der Waals surface area contributed by atoms with E-state index in [4.69, 9.17) is 5.73 Å². The fraction of sp³-hybridized carbons (Fsp3) is 0.455. The van der Waals surface area contributed by atoms with Crippen LogP contribution in [-0.2, 0) is 10.0 Å². The van der Waals surface area contributed by atoms with Crippen LogP contribution in [0.3, 0.4) is 0 Å². The van der Waals surface area contributed by atoms with E-state index in [9.17, 15) is 8.42 Å². The van der Waals surface area contributed by atoms with E-state index in [-0.39, 0.29) is 0 Å². The third kappa shape index (κ3) is 2.11. The molecule has 0 aromatic heterocycles. The van der Waals surface area contributed by atoms with Gasteiger partial charge in [0.1, 0.15) is 0 Å². The van der Waals surface area contributed by atoms with Crippen LogP contribution in [0, 0.1) is 0 Å². The average molecular weight is 240 g/mol. The molecule has 2 rings (SSSR count). The summed E-state index contributed by atoms with van der Waals surface area (Å²) in [4.78, 5) is 0.301. The van der Waals surface area contributed by atoms with Crippen LogP contribution in [0.4, 0.5) is 0 Å². The first-order valence-electron chi connectivity index (χ1n) is 5.37. The van der Waals surface area contributed by atoms with E-state index in [0.29, 0.717) is 11.4 Å². The van der Waals surface area contributed by atoms with Crippen LogP contribution < -0.4 is 10.5 Å². The van der Waals surface area contributed by atoms with Gasteiger partial charge < -0.3 is 5.73 Å². The summed E-state index contributed by atoms with van der Waals surface area (Å²) in [6, 6.07) is 8.40. The average Bonchev–Trinajstić information content (AvgIpc) is 2.25.